The normalized spacial score (nSPS) is 11.9. The van der Waals surface area contributed by atoms with Gasteiger partial charge in [0.1, 0.15) is 5.75 Å². The van der Waals surface area contributed by atoms with Crippen LogP contribution in [0.1, 0.15) is 12.5 Å². The Kier molecular flexibility index (Phi) is 4.24. The van der Waals surface area contributed by atoms with Gasteiger partial charge in [0.25, 0.3) is 0 Å². The number of rotatable bonds is 5. The Bertz CT molecular complexity index is 481. The summed E-state index contributed by atoms with van der Waals surface area (Å²) in [6.07, 6.45) is 1.01. The van der Waals surface area contributed by atoms with E-state index in [4.69, 9.17) is 4.74 Å². The molecule has 2 heteroatoms. The molecular weight excluding hydrogens is 222 g/mol. The Hall–Kier alpha value is -1.96. The number of nitrogens with one attached hydrogen (secondary N) is 1. The lowest BCUT2D eigenvalue weighted by Crippen LogP contribution is -2.17. The van der Waals surface area contributed by atoms with E-state index in [0.717, 1.165) is 17.9 Å². The van der Waals surface area contributed by atoms with E-state index in [1.165, 1.54) is 5.56 Å². The van der Waals surface area contributed by atoms with Crippen molar-refractivity contribution in [1.82, 2.24) is 0 Å². The molecule has 0 saturated carbocycles. The van der Waals surface area contributed by atoms with E-state index in [-0.39, 0.29) is 0 Å². The standard InChI is InChI=1S/C16H19NO/c1-13(11-14-7-4-3-5-8-14)17-15-9-6-10-16(12-15)18-2/h3-10,12-13,17H,11H2,1-2H3. The van der Waals surface area contributed by atoms with Crippen molar-refractivity contribution in [3.63, 3.8) is 0 Å². The number of ether oxygens (including phenoxy) is 1. The maximum atomic E-state index is 5.21. The zero-order valence-electron chi connectivity index (χ0n) is 10.9. The third-order valence-electron chi connectivity index (χ3n) is 2.87. The molecule has 2 aromatic carbocycles. The highest BCUT2D eigenvalue weighted by molar-refractivity contribution is 5.48. The van der Waals surface area contributed by atoms with Crippen LogP contribution in [0.2, 0.25) is 0 Å². The van der Waals surface area contributed by atoms with Crippen LogP contribution in [0.4, 0.5) is 5.69 Å². The Balaban J connectivity index is 1.96. The van der Waals surface area contributed by atoms with Gasteiger partial charge in [0.2, 0.25) is 0 Å². The van der Waals surface area contributed by atoms with Crippen LogP contribution < -0.4 is 10.1 Å². The first-order chi connectivity index (χ1) is 8.78. The van der Waals surface area contributed by atoms with Gasteiger partial charge in [-0.15, -0.1) is 0 Å². The largest absolute Gasteiger partial charge is 0.497 e. The summed E-state index contributed by atoms with van der Waals surface area (Å²) in [7, 11) is 1.69. The molecule has 0 bridgehead atoms. The van der Waals surface area contributed by atoms with Crippen molar-refractivity contribution in [2.24, 2.45) is 0 Å². The lowest BCUT2D eigenvalue weighted by atomic mass is 10.1. The smallest absolute Gasteiger partial charge is 0.120 e. The summed E-state index contributed by atoms with van der Waals surface area (Å²) in [6, 6.07) is 18.9. The molecule has 1 atom stereocenters. The number of anilines is 1. The molecule has 94 valence electrons. The van der Waals surface area contributed by atoms with Gasteiger partial charge in [-0.05, 0) is 31.0 Å². The predicted octanol–water partition coefficient (Wildman–Crippen LogP) is 3.74. The van der Waals surface area contributed by atoms with Gasteiger partial charge in [-0.25, -0.2) is 0 Å². The van der Waals surface area contributed by atoms with Crippen LogP contribution >= 0.6 is 0 Å². The fourth-order valence-corrected chi connectivity index (χ4v) is 2.02. The van der Waals surface area contributed by atoms with E-state index < -0.39 is 0 Å². The zero-order valence-corrected chi connectivity index (χ0v) is 10.9. The molecule has 0 heterocycles. The molecule has 0 amide bonds. The zero-order chi connectivity index (χ0) is 12.8. The van der Waals surface area contributed by atoms with Crippen LogP contribution in [0.5, 0.6) is 5.75 Å². The Labute approximate surface area is 109 Å². The summed E-state index contributed by atoms with van der Waals surface area (Å²) in [5.41, 5.74) is 2.44. The monoisotopic (exact) mass is 241 g/mol. The van der Waals surface area contributed by atoms with Crippen molar-refractivity contribution in [2.45, 2.75) is 19.4 Å². The molecule has 1 N–H and O–H groups in total. The molecule has 0 aromatic heterocycles. The first-order valence-corrected chi connectivity index (χ1v) is 6.22. The number of methoxy groups -OCH3 is 1. The molecule has 0 saturated heterocycles. The van der Waals surface area contributed by atoms with Gasteiger partial charge < -0.3 is 10.1 Å². The van der Waals surface area contributed by atoms with Crippen LogP contribution in [-0.4, -0.2) is 13.2 Å². The van der Waals surface area contributed by atoms with Crippen molar-refractivity contribution in [1.29, 1.82) is 0 Å². The fourth-order valence-electron chi connectivity index (χ4n) is 2.02. The third kappa shape index (κ3) is 3.52. The van der Waals surface area contributed by atoms with Crippen molar-refractivity contribution >= 4 is 5.69 Å². The highest BCUT2D eigenvalue weighted by Crippen LogP contribution is 2.18. The van der Waals surface area contributed by atoms with E-state index in [0.29, 0.717) is 6.04 Å². The topological polar surface area (TPSA) is 21.3 Å². The van der Waals surface area contributed by atoms with Crippen molar-refractivity contribution in [3.05, 3.63) is 60.2 Å². The highest BCUT2D eigenvalue weighted by Gasteiger charge is 2.03. The quantitative estimate of drug-likeness (QED) is 0.861. The minimum Gasteiger partial charge on any atom is -0.497 e. The third-order valence-corrected chi connectivity index (χ3v) is 2.87. The van der Waals surface area contributed by atoms with Crippen LogP contribution in [0.25, 0.3) is 0 Å². The van der Waals surface area contributed by atoms with E-state index in [9.17, 15) is 0 Å². The van der Waals surface area contributed by atoms with Crippen molar-refractivity contribution < 1.29 is 4.74 Å². The van der Waals surface area contributed by atoms with Crippen LogP contribution in [0.3, 0.4) is 0 Å². The van der Waals surface area contributed by atoms with Gasteiger partial charge in [0, 0.05) is 17.8 Å². The van der Waals surface area contributed by atoms with E-state index in [1.807, 2.05) is 24.3 Å². The molecule has 2 rings (SSSR count). The van der Waals surface area contributed by atoms with E-state index in [2.05, 4.69) is 42.6 Å². The van der Waals surface area contributed by atoms with Crippen molar-refractivity contribution in [2.75, 3.05) is 12.4 Å². The summed E-state index contributed by atoms with van der Waals surface area (Å²) in [5.74, 6) is 0.881. The lowest BCUT2D eigenvalue weighted by Gasteiger charge is -2.15. The van der Waals surface area contributed by atoms with Gasteiger partial charge in [0.15, 0.2) is 0 Å². The Morgan fingerprint density at radius 3 is 2.56 bits per heavy atom. The van der Waals surface area contributed by atoms with E-state index in [1.54, 1.807) is 7.11 Å². The minimum absolute atomic E-state index is 0.388. The van der Waals surface area contributed by atoms with Gasteiger partial charge in [0.05, 0.1) is 7.11 Å². The lowest BCUT2D eigenvalue weighted by molar-refractivity contribution is 0.415. The van der Waals surface area contributed by atoms with Crippen LogP contribution in [0, 0.1) is 0 Å². The summed E-state index contributed by atoms with van der Waals surface area (Å²) in [5, 5.41) is 3.49. The molecule has 0 spiro atoms. The number of hydrogen-bond acceptors (Lipinski definition) is 2. The minimum atomic E-state index is 0.388. The second kappa shape index (κ2) is 6.10. The van der Waals surface area contributed by atoms with Crippen LogP contribution in [0.15, 0.2) is 54.6 Å². The maximum Gasteiger partial charge on any atom is 0.120 e. The summed E-state index contributed by atoms with van der Waals surface area (Å²) in [4.78, 5) is 0. The molecule has 2 nitrogen and oxygen atoms in total. The molecule has 0 fully saturated rings. The predicted molar refractivity (Wildman–Crippen MR) is 76.2 cm³/mol. The first-order valence-electron chi connectivity index (χ1n) is 6.22. The Morgan fingerprint density at radius 1 is 1.06 bits per heavy atom. The maximum absolute atomic E-state index is 5.21. The number of benzene rings is 2. The number of hydrogen-bond donors (Lipinski definition) is 1. The SMILES string of the molecule is COc1cccc(NC(C)Cc2ccccc2)c1. The fraction of sp³-hybridized carbons (Fsp3) is 0.250. The molecule has 0 aliphatic carbocycles. The van der Waals surface area contributed by atoms with Crippen molar-refractivity contribution in [3.8, 4) is 5.75 Å². The first kappa shape index (κ1) is 12.5. The Morgan fingerprint density at radius 2 is 1.83 bits per heavy atom. The molecule has 18 heavy (non-hydrogen) atoms. The molecular formula is C16H19NO. The second-order valence-corrected chi connectivity index (χ2v) is 4.47. The van der Waals surface area contributed by atoms with Gasteiger partial charge in [-0.1, -0.05) is 36.4 Å². The average Bonchev–Trinajstić information content (AvgIpc) is 2.40. The van der Waals surface area contributed by atoms with Gasteiger partial charge in [-0.3, -0.25) is 0 Å². The van der Waals surface area contributed by atoms with Crippen LogP contribution in [-0.2, 0) is 6.42 Å². The van der Waals surface area contributed by atoms with Gasteiger partial charge >= 0.3 is 0 Å². The summed E-state index contributed by atoms with van der Waals surface area (Å²) < 4.78 is 5.21. The molecule has 2 aromatic rings. The van der Waals surface area contributed by atoms with E-state index >= 15 is 0 Å². The molecule has 1 unspecified atom stereocenters. The average molecular weight is 241 g/mol. The molecule has 0 aliphatic rings. The summed E-state index contributed by atoms with van der Waals surface area (Å²) in [6.45, 7) is 2.19. The highest BCUT2D eigenvalue weighted by atomic mass is 16.5. The van der Waals surface area contributed by atoms with Gasteiger partial charge in [-0.2, -0.15) is 0 Å². The summed E-state index contributed by atoms with van der Waals surface area (Å²) >= 11 is 0. The molecule has 0 radical (unpaired) electrons. The molecule has 0 aliphatic heterocycles. The second-order valence-electron chi connectivity index (χ2n) is 4.47.